The van der Waals surface area contributed by atoms with Gasteiger partial charge < -0.3 is 25.3 Å². The molecule has 1 aromatic heterocycles. The molecule has 0 unspecified atom stereocenters. The number of rotatable bonds is 9. The second kappa shape index (κ2) is 10.4. The fourth-order valence-electron chi connectivity index (χ4n) is 3.23. The average Bonchev–Trinajstić information content (AvgIpc) is 2.75. The van der Waals surface area contributed by atoms with Crippen molar-refractivity contribution in [3.63, 3.8) is 0 Å². The van der Waals surface area contributed by atoms with Gasteiger partial charge in [-0.05, 0) is 36.8 Å². The van der Waals surface area contributed by atoms with E-state index in [9.17, 15) is 26.3 Å². The van der Waals surface area contributed by atoms with E-state index in [-0.39, 0.29) is 42.5 Å². The van der Waals surface area contributed by atoms with Gasteiger partial charge in [0, 0.05) is 23.7 Å². The van der Waals surface area contributed by atoms with Crippen LogP contribution in [0.5, 0.6) is 11.5 Å². The largest absolute Gasteiger partial charge is 0.493 e. The first-order chi connectivity index (χ1) is 16.4. The molecule has 0 saturated heterocycles. The van der Waals surface area contributed by atoms with Gasteiger partial charge in [0.15, 0.2) is 11.5 Å². The molecule has 3 rings (SSSR count). The molecular weight excluding hydrogens is 482 g/mol. The number of hydrogen-bond donors (Lipinski definition) is 2. The molecule has 0 bridgehead atoms. The van der Waals surface area contributed by atoms with E-state index in [0.717, 1.165) is 12.1 Å². The predicted molar refractivity (Wildman–Crippen MR) is 116 cm³/mol. The van der Waals surface area contributed by atoms with Crippen LogP contribution < -0.4 is 20.5 Å². The van der Waals surface area contributed by atoms with Crippen molar-refractivity contribution in [2.75, 3.05) is 38.0 Å². The number of nitrogens with zero attached hydrogens (tertiary/aromatic N) is 2. The molecule has 0 aliphatic rings. The molecular formula is C22H22F6N4O3. The molecule has 0 amide bonds. The molecule has 0 aliphatic heterocycles. The van der Waals surface area contributed by atoms with Crippen molar-refractivity contribution in [3.8, 4) is 11.5 Å². The number of ether oxygens (including phenoxy) is 3. The number of methoxy groups -OCH3 is 1. The third-order valence-electron chi connectivity index (χ3n) is 4.65. The van der Waals surface area contributed by atoms with E-state index >= 15 is 0 Å². The van der Waals surface area contributed by atoms with Crippen molar-refractivity contribution in [1.29, 1.82) is 0 Å². The zero-order valence-electron chi connectivity index (χ0n) is 18.7. The summed E-state index contributed by atoms with van der Waals surface area (Å²) in [4.78, 5) is 8.65. The quantitative estimate of drug-likeness (QED) is 0.238. The Labute approximate surface area is 196 Å². The fraction of sp³-hybridized carbons (Fsp3) is 0.364. The van der Waals surface area contributed by atoms with Crippen LogP contribution in [0.25, 0.3) is 10.9 Å². The van der Waals surface area contributed by atoms with Crippen LogP contribution in [0, 0.1) is 6.92 Å². The van der Waals surface area contributed by atoms with Crippen molar-refractivity contribution in [1.82, 2.24) is 9.97 Å². The van der Waals surface area contributed by atoms with Gasteiger partial charge in [0.05, 0.1) is 24.8 Å². The van der Waals surface area contributed by atoms with Crippen molar-refractivity contribution in [3.05, 3.63) is 47.3 Å². The van der Waals surface area contributed by atoms with Gasteiger partial charge in [0.1, 0.15) is 24.9 Å². The summed E-state index contributed by atoms with van der Waals surface area (Å²) in [5, 5.41) is 3.45. The van der Waals surface area contributed by atoms with E-state index in [1.54, 1.807) is 13.0 Å². The zero-order chi connectivity index (χ0) is 25.8. The Morgan fingerprint density at radius 3 is 2.34 bits per heavy atom. The van der Waals surface area contributed by atoms with Gasteiger partial charge in [-0.3, -0.25) is 0 Å². The van der Waals surface area contributed by atoms with Crippen LogP contribution in [-0.2, 0) is 17.5 Å². The highest BCUT2D eigenvalue weighted by atomic mass is 19.4. The van der Waals surface area contributed by atoms with E-state index in [0.29, 0.717) is 22.5 Å². The van der Waals surface area contributed by atoms with E-state index in [2.05, 4.69) is 20.0 Å². The Kier molecular flexibility index (Phi) is 7.78. The highest BCUT2D eigenvalue weighted by molar-refractivity contribution is 5.91. The van der Waals surface area contributed by atoms with Crippen LogP contribution in [-0.4, -0.2) is 43.1 Å². The van der Waals surface area contributed by atoms with Crippen molar-refractivity contribution in [2.24, 2.45) is 0 Å². The number of nitrogens with one attached hydrogen (secondary N) is 1. The number of halogens is 6. The van der Waals surface area contributed by atoms with Crippen LogP contribution >= 0.6 is 0 Å². The van der Waals surface area contributed by atoms with Crippen molar-refractivity contribution < 1.29 is 40.6 Å². The van der Waals surface area contributed by atoms with Crippen LogP contribution in [0.15, 0.2) is 30.3 Å². The van der Waals surface area contributed by atoms with Gasteiger partial charge in [-0.1, -0.05) is 0 Å². The summed E-state index contributed by atoms with van der Waals surface area (Å²) in [6, 6.07) is 6.33. The summed E-state index contributed by atoms with van der Waals surface area (Å²) in [5.74, 6) is 1.18. The summed E-state index contributed by atoms with van der Waals surface area (Å²) in [5.41, 5.74) is 5.47. The molecule has 0 saturated carbocycles. The van der Waals surface area contributed by atoms with Crippen LogP contribution in [0.2, 0.25) is 0 Å². The first-order valence-electron chi connectivity index (χ1n) is 10.2. The van der Waals surface area contributed by atoms with Gasteiger partial charge in [0.25, 0.3) is 0 Å². The first kappa shape index (κ1) is 26.1. The minimum absolute atomic E-state index is 0.0207. The molecule has 2 aromatic carbocycles. The third-order valence-corrected chi connectivity index (χ3v) is 4.65. The van der Waals surface area contributed by atoms with Crippen LogP contribution in [0.4, 0.5) is 37.8 Å². The third kappa shape index (κ3) is 7.25. The topological polar surface area (TPSA) is 91.5 Å². The predicted octanol–water partition coefficient (Wildman–Crippen LogP) is 5.12. The molecule has 0 aliphatic carbocycles. The minimum Gasteiger partial charge on any atom is -0.493 e. The Balaban J connectivity index is 1.83. The molecule has 0 atom stereocenters. The summed E-state index contributed by atoms with van der Waals surface area (Å²) in [6.07, 6.45) is -8.99. The molecule has 190 valence electrons. The Bertz CT molecular complexity index is 1180. The lowest BCUT2D eigenvalue weighted by atomic mass is 10.1. The number of alkyl halides is 6. The van der Waals surface area contributed by atoms with Gasteiger partial charge >= 0.3 is 12.4 Å². The van der Waals surface area contributed by atoms with Crippen LogP contribution in [0.1, 0.15) is 17.0 Å². The number of aromatic nitrogens is 2. The maximum atomic E-state index is 13.1. The highest BCUT2D eigenvalue weighted by Gasteiger charge is 2.31. The van der Waals surface area contributed by atoms with Gasteiger partial charge in [-0.25, -0.2) is 9.97 Å². The van der Waals surface area contributed by atoms with Crippen LogP contribution in [0.3, 0.4) is 0 Å². The SMILES string of the molecule is COc1cc2nc(C)nc(NCc3cc(N)cc(C(F)(F)F)c3)c2cc1OCCOCC(F)(F)F. The Morgan fingerprint density at radius 1 is 0.943 bits per heavy atom. The van der Waals surface area contributed by atoms with E-state index in [4.69, 9.17) is 15.2 Å². The number of benzene rings is 2. The lowest BCUT2D eigenvalue weighted by Crippen LogP contribution is -2.19. The number of aryl methyl sites for hydroxylation is 1. The van der Waals surface area contributed by atoms with Crippen molar-refractivity contribution in [2.45, 2.75) is 25.8 Å². The molecule has 0 radical (unpaired) electrons. The number of hydrogen-bond acceptors (Lipinski definition) is 7. The maximum absolute atomic E-state index is 13.1. The molecule has 13 heteroatoms. The summed E-state index contributed by atoms with van der Waals surface area (Å²) < 4.78 is 91.3. The highest BCUT2D eigenvalue weighted by Crippen LogP contribution is 2.35. The van der Waals surface area contributed by atoms with E-state index < -0.39 is 24.5 Å². The summed E-state index contributed by atoms with van der Waals surface area (Å²) >= 11 is 0. The number of nitrogens with two attached hydrogens (primary N) is 1. The monoisotopic (exact) mass is 504 g/mol. The van der Waals surface area contributed by atoms with E-state index in [1.807, 2.05) is 0 Å². The normalized spacial score (nSPS) is 12.1. The summed E-state index contributed by atoms with van der Waals surface area (Å²) in [6.45, 7) is -0.272. The minimum atomic E-state index is -4.55. The lowest BCUT2D eigenvalue weighted by molar-refractivity contribution is -0.175. The Morgan fingerprint density at radius 2 is 1.69 bits per heavy atom. The summed E-state index contributed by atoms with van der Waals surface area (Å²) in [7, 11) is 1.39. The smallest absolute Gasteiger partial charge is 0.416 e. The Hall–Kier alpha value is -3.48. The van der Waals surface area contributed by atoms with Gasteiger partial charge in [0.2, 0.25) is 0 Å². The molecule has 1 heterocycles. The average molecular weight is 504 g/mol. The molecule has 35 heavy (non-hydrogen) atoms. The lowest BCUT2D eigenvalue weighted by Gasteiger charge is -2.15. The zero-order valence-corrected chi connectivity index (χ0v) is 18.7. The van der Waals surface area contributed by atoms with Crippen molar-refractivity contribution >= 4 is 22.4 Å². The maximum Gasteiger partial charge on any atom is 0.416 e. The first-order valence-corrected chi connectivity index (χ1v) is 10.2. The number of anilines is 2. The fourth-order valence-corrected chi connectivity index (χ4v) is 3.23. The van der Waals surface area contributed by atoms with E-state index in [1.165, 1.54) is 19.2 Å². The number of nitrogen functional groups attached to an aromatic ring is 1. The standard InChI is InChI=1S/C22H22F6N4O3/c1-12-31-17-9-18(33-2)19(35-4-3-34-11-21(23,24)25)8-16(17)20(32-12)30-10-13-5-14(22(26,27)28)7-15(29)6-13/h5-9H,3-4,10-11,29H2,1-2H3,(H,30,31,32). The molecule has 0 spiro atoms. The molecule has 3 N–H and O–H groups in total. The van der Waals surface area contributed by atoms with Gasteiger partial charge in [-0.2, -0.15) is 26.3 Å². The van der Waals surface area contributed by atoms with Gasteiger partial charge in [-0.15, -0.1) is 0 Å². The molecule has 0 fully saturated rings. The number of fused-ring (bicyclic) bond motifs is 1. The second-order valence-electron chi connectivity index (χ2n) is 7.47. The molecule has 3 aromatic rings. The molecule has 7 nitrogen and oxygen atoms in total. The second-order valence-corrected chi connectivity index (χ2v) is 7.47.